The summed E-state index contributed by atoms with van der Waals surface area (Å²) < 4.78 is 1.18. The van der Waals surface area contributed by atoms with E-state index in [0.29, 0.717) is 6.04 Å². The molecular formula is C15H22BrNO. The van der Waals surface area contributed by atoms with Gasteiger partial charge in [0.15, 0.2) is 0 Å². The summed E-state index contributed by atoms with van der Waals surface area (Å²) in [5, 5.41) is 12.9. The first-order chi connectivity index (χ1) is 8.50. The lowest BCUT2D eigenvalue weighted by atomic mass is 9.87. The van der Waals surface area contributed by atoms with E-state index >= 15 is 0 Å². The van der Waals surface area contributed by atoms with Crippen molar-refractivity contribution in [2.45, 2.75) is 39.2 Å². The number of aliphatic hydroxyl groups excluding tert-OH is 1. The van der Waals surface area contributed by atoms with Crippen LogP contribution in [0.15, 0.2) is 22.7 Å². The van der Waals surface area contributed by atoms with Crippen molar-refractivity contribution in [3.8, 4) is 0 Å². The number of aryl methyl sites for hydroxylation is 1. The molecule has 1 aromatic rings. The second-order valence-corrected chi connectivity index (χ2v) is 6.97. The van der Waals surface area contributed by atoms with Crippen LogP contribution in [-0.4, -0.2) is 24.3 Å². The molecule has 0 saturated carbocycles. The lowest BCUT2D eigenvalue weighted by Gasteiger charge is -2.30. The largest absolute Gasteiger partial charge is 0.396 e. The Morgan fingerprint density at radius 3 is 2.89 bits per heavy atom. The van der Waals surface area contributed by atoms with Crippen molar-refractivity contribution in [2.75, 3.05) is 13.2 Å². The maximum atomic E-state index is 9.27. The van der Waals surface area contributed by atoms with E-state index < -0.39 is 0 Å². The van der Waals surface area contributed by atoms with E-state index in [1.807, 2.05) is 0 Å². The smallest absolute Gasteiger partial charge is 0.0494 e. The summed E-state index contributed by atoms with van der Waals surface area (Å²) in [6, 6.07) is 7.14. The molecule has 2 N–H and O–H groups in total. The number of hydrogen-bond donors (Lipinski definition) is 2. The number of nitrogens with one attached hydrogen (secondary N) is 1. The Hall–Kier alpha value is -0.380. The standard InChI is InChI=1S/C15H22BrNO/c1-15(2,10-18)9-17-14-6-4-11-7-13(16)5-3-12(11)8-14/h3,5,7,14,17-18H,4,6,8-10H2,1-2H3. The Morgan fingerprint density at radius 1 is 1.39 bits per heavy atom. The molecule has 0 aliphatic heterocycles. The number of fused-ring (bicyclic) bond motifs is 1. The average molecular weight is 312 g/mol. The van der Waals surface area contributed by atoms with Crippen LogP contribution in [0.4, 0.5) is 0 Å². The molecule has 1 atom stereocenters. The summed E-state index contributed by atoms with van der Waals surface area (Å²) in [4.78, 5) is 0. The molecule has 1 aromatic carbocycles. The maximum Gasteiger partial charge on any atom is 0.0494 e. The zero-order chi connectivity index (χ0) is 13.2. The first kappa shape index (κ1) is 14.0. The topological polar surface area (TPSA) is 32.3 Å². The average Bonchev–Trinajstić information content (AvgIpc) is 2.36. The second kappa shape index (κ2) is 5.72. The van der Waals surface area contributed by atoms with Crippen LogP contribution in [-0.2, 0) is 12.8 Å². The fraction of sp³-hybridized carbons (Fsp3) is 0.600. The van der Waals surface area contributed by atoms with Gasteiger partial charge in [-0.1, -0.05) is 35.8 Å². The molecule has 100 valence electrons. The van der Waals surface area contributed by atoms with Crippen LogP contribution in [0.25, 0.3) is 0 Å². The van der Waals surface area contributed by atoms with Crippen LogP contribution in [0.5, 0.6) is 0 Å². The van der Waals surface area contributed by atoms with Crippen molar-refractivity contribution < 1.29 is 5.11 Å². The highest BCUT2D eigenvalue weighted by atomic mass is 79.9. The highest BCUT2D eigenvalue weighted by Gasteiger charge is 2.22. The molecule has 0 aromatic heterocycles. The van der Waals surface area contributed by atoms with E-state index in [-0.39, 0.29) is 12.0 Å². The monoisotopic (exact) mass is 311 g/mol. The Morgan fingerprint density at radius 2 is 2.17 bits per heavy atom. The molecule has 1 aliphatic rings. The molecule has 0 radical (unpaired) electrons. The zero-order valence-electron chi connectivity index (χ0n) is 11.2. The normalized spacial score (nSPS) is 19.7. The minimum absolute atomic E-state index is 0.0278. The fourth-order valence-corrected chi connectivity index (χ4v) is 2.78. The van der Waals surface area contributed by atoms with Gasteiger partial charge in [0.05, 0.1) is 0 Å². The second-order valence-electron chi connectivity index (χ2n) is 6.06. The van der Waals surface area contributed by atoms with Crippen molar-refractivity contribution in [2.24, 2.45) is 5.41 Å². The van der Waals surface area contributed by atoms with Gasteiger partial charge in [0.2, 0.25) is 0 Å². The van der Waals surface area contributed by atoms with Gasteiger partial charge in [-0.2, -0.15) is 0 Å². The van der Waals surface area contributed by atoms with Crippen molar-refractivity contribution in [1.82, 2.24) is 5.32 Å². The highest BCUT2D eigenvalue weighted by Crippen LogP contribution is 2.25. The third-order valence-corrected chi connectivity index (χ3v) is 4.19. The predicted molar refractivity (Wildman–Crippen MR) is 78.8 cm³/mol. The van der Waals surface area contributed by atoms with Gasteiger partial charge in [0, 0.05) is 29.1 Å². The molecule has 0 fully saturated rings. The van der Waals surface area contributed by atoms with Gasteiger partial charge in [0.1, 0.15) is 0 Å². The molecule has 3 heteroatoms. The molecular weight excluding hydrogens is 290 g/mol. The van der Waals surface area contributed by atoms with Gasteiger partial charge in [-0.15, -0.1) is 0 Å². The van der Waals surface area contributed by atoms with Gasteiger partial charge in [0.25, 0.3) is 0 Å². The number of halogens is 1. The minimum atomic E-state index is -0.0278. The van der Waals surface area contributed by atoms with E-state index in [1.54, 1.807) is 0 Å². The molecule has 0 bridgehead atoms. The van der Waals surface area contributed by atoms with Gasteiger partial charge in [-0.05, 0) is 42.5 Å². The summed E-state index contributed by atoms with van der Waals surface area (Å²) >= 11 is 3.53. The van der Waals surface area contributed by atoms with Gasteiger partial charge < -0.3 is 10.4 Å². The molecule has 1 unspecified atom stereocenters. The lowest BCUT2D eigenvalue weighted by molar-refractivity contribution is 0.152. The fourth-order valence-electron chi connectivity index (χ4n) is 2.37. The van der Waals surface area contributed by atoms with Crippen molar-refractivity contribution in [3.05, 3.63) is 33.8 Å². The molecule has 0 amide bonds. The summed E-state index contributed by atoms with van der Waals surface area (Å²) in [5.41, 5.74) is 2.91. The molecule has 0 saturated heterocycles. The Bertz CT molecular complexity index is 417. The molecule has 2 nitrogen and oxygen atoms in total. The summed E-state index contributed by atoms with van der Waals surface area (Å²) in [6.07, 6.45) is 3.43. The van der Waals surface area contributed by atoms with E-state index in [9.17, 15) is 5.11 Å². The first-order valence-corrected chi connectivity index (χ1v) is 7.41. The van der Waals surface area contributed by atoms with Crippen LogP contribution >= 0.6 is 15.9 Å². The van der Waals surface area contributed by atoms with E-state index in [1.165, 1.54) is 22.0 Å². The van der Waals surface area contributed by atoms with Gasteiger partial charge in [-0.25, -0.2) is 0 Å². The maximum absolute atomic E-state index is 9.27. The number of rotatable bonds is 4. The molecule has 0 heterocycles. The first-order valence-electron chi connectivity index (χ1n) is 6.62. The summed E-state index contributed by atoms with van der Waals surface area (Å²) in [6.45, 7) is 5.29. The van der Waals surface area contributed by atoms with Crippen LogP contribution < -0.4 is 5.32 Å². The van der Waals surface area contributed by atoms with Crippen molar-refractivity contribution in [3.63, 3.8) is 0 Å². The number of benzene rings is 1. The van der Waals surface area contributed by atoms with Gasteiger partial charge in [-0.3, -0.25) is 0 Å². The number of hydrogen-bond acceptors (Lipinski definition) is 2. The quantitative estimate of drug-likeness (QED) is 0.896. The highest BCUT2D eigenvalue weighted by molar-refractivity contribution is 9.10. The minimum Gasteiger partial charge on any atom is -0.396 e. The zero-order valence-corrected chi connectivity index (χ0v) is 12.8. The Labute approximate surface area is 118 Å². The molecule has 18 heavy (non-hydrogen) atoms. The third-order valence-electron chi connectivity index (χ3n) is 3.69. The van der Waals surface area contributed by atoms with E-state index in [2.05, 4.69) is 53.3 Å². The molecule has 0 spiro atoms. The van der Waals surface area contributed by atoms with Crippen molar-refractivity contribution >= 4 is 15.9 Å². The summed E-state index contributed by atoms with van der Waals surface area (Å²) in [7, 11) is 0. The Kier molecular flexibility index (Phi) is 4.46. The lowest BCUT2D eigenvalue weighted by Crippen LogP contribution is -2.41. The molecule has 2 rings (SSSR count). The predicted octanol–water partition coefficient (Wildman–Crippen LogP) is 2.91. The summed E-state index contributed by atoms with van der Waals surface area (Å²) in [5.74, 6) is 0. The molecule has 1 aliphatic carbocycles. The van der Waals surface area contributed by atoms with Crippen LogP contribution in [0, 0.1) is 5.41 Å². The van der Waals surface area contributed by atoms with Crippen LogP contribution in [0.1, 0.15) is 31.4 Å². The number of aliphatic hydroxyl groups is 1. The van der Waals surface area contributed by atoms with Crippen molar-refractivity contribution in [1.29, 1.82) is 0 Å². The van der Waals surface area contributed by atoms with Crippen LogP contribution in [0.3, 0.4) is 0 Å². The third kappa shape index (κ3) is 3.56. The van der Waals surface area contributed by atoms with E-state index in [4.69, 9.17) is 0 Å². The van der Waals surface area contributed by atoms with E-state index in [0.717, 1.165) is 19.4 Å². The Balaban J connectivity index is 1.94. The SMILES string of the molecule is CC(C)(CO)CNC1CCc2cc(Br)ccc2C1. The van der Waals surface area contributed by atoms with Gasteiger partial charge >= 0.3 is 0 Å². The van der Waals surface area contributed by atoms with Crippen LogP contribution in [0.2, 0.25) is 0 Å².